The van der Waals surface area contributed by atoms with Crippen LogP contribution in [0.1, 0.15) is 21.7 Å². The van der Waals surface area contributed by atoms with E-state index in [1.165, 1.54) is 12.3 Å². The molecule has 28 heavy (non-hydrogen) atoms. The van der Waals surface area contributed by atoms with Gasteiger partial charge in [-0.15, -0.1) is 0 Å². The summed E-state index contributed by atoms with van der Waals surface area (Å²) < 4.78 is 10.3. The van der Waals surface area contributed by atoms with Gasteiger partial charge in [-0.05, 0) is 48.0 Å². The molecule has 7 heteroatoms. The number of benzene rings is 1. The third-order valence-electron chi connectivity index (χ3n) is 3.85. The Labute approximate surface area is 162 Å². The van der Waals surface area contributed by atoms with Crippen molar-refractivity contribution in [2.75, 3.05) is 7.11 Å². The first-order valence-electron chi connectivity index (χ1n) is 8.53. The van der Waals surface area contributed by atoms with Gasteiger partial charge in [-0.1, -0.05) is 6.07 Å². The third-order valence-corrected chi connectivity index (χ3v) is 3.85. The van der Waals surface area contributed by atoms with Crippen LogP contribution in [0.4, 0.5) is 0 Å². The first kappa shape index (κ1) is 18.9. The lowest BCUT2D eigenvalue weighted by Gasteiger charge is -2.11. The quantitative estimate of drug-likeness (QED) is 0.618. The van der Waals surface area contributed by atoms with Gasteiger partial charge in [-0.25, -0.2) is 0 Å². The summed E-state index contributed by atoms with van der Waals surface area (Å²) in [6.07, 6.45) is 6.27. The molecule has 3 aromatic rings. The second kappa shape index (κ2) is 9.18. The standard InChI is InChI=1S/C21H19N3O4/c1-27-17-8-6-16(7-9-17)20(25)24-19(12-18-5-3-11-28-18)21(26)23-14-15-4-2-10-22-13-15/h2-13H,14H2,1H3,(H,23,26)(H,24,25)/b19-12-. The normalized spacial score (nSPS) is 11.0. The van der Waals surface area contributed by atoms with Crippen LogP contribution in [0.5, 0.6) is 5.75 Å². The molecular formula is C21H19N3O4. The van der Waals surface area contributed by atoms with Crippen molar-refractivity contribution in [3.05, 3.63) is 89.8 Å². The maximum atomic E-state index is 12.6. The van der Waals surface area contributed by atoms with Crippen molar-refractivity contribution in [1.29, 1.82) is 0 Å². The molecule has 0 aliphatic carbocycles. The number of amides is 2. The van der Waals surface area contributed by atoms with Crippen LogP contribution in [0.2, 0.25) is 0 Å². The summed E-state index contributed by atoms with van der Waals surface area (Å²) >= 11 is 0. The van der Waals surface area contributed by atoms with Gasteiger partial charge >= 0.3 is 0 Å². The molecular weight excluding hydrogens is 358 g/mol. The van der Waals surface area contributed by atoms with Crippen molar-refractivity contribution in [2.24, 2.45) is 0 Å². The highest BCUT2D eigenvalue weighted by Crippen LogP contribution is 2.12. The number of furan rings is 1. The monoisotopic (exact) mass is 377 g/mol. The Hall–Kier alpha value is -3.87. The van der Waals surface area contributed by atoms with Crippen LogP contribution in [0, 0.1) is 0 Å². The molecule has 0 radical (unpaired) electrons. The molecule has 2 heterocycles. The number of nitrogens with one attached hydrogen (secondary N) is 2. The highest BCUT2D eigenvalue weighted by atomic mass is 16.5. The van der Waals surface area contributed by atoms with E-state index >= 15 is 0 Å². The maximum absolute atomic E-state index is 12.6. The highest BCUT2D eigenvalue weighted by molar-refractivity contribution is 6.05. The fraction of sp³-hybridized carbons (Fsp3) is 0.0952. The van der Waals surface area contributed by atoms with Crippen LogP contribution in [0.25, 0.3) is 6.08 Å². The van der Waals surface area contributed by atoms with Crippen molar-refractivity contribution < 1.29 is 18.7 Å². The Bertz CT molecular complexity index is 949. The first-order chi connectivity index (χ1) is 13.7. The molecule has 1 aromatic carbocycles. The van der Waals surface area contributed by atoms with E-state index in [-0.39, 0.29) is 12.2 Å². The lowest BCUT2D eigenvalue weighted by Crippen LogP contribution is -2.34. The molecule has 0 aliphatic heterocycles. The number of hydrogen-bond acceptors (Lipinski definition) is 5. The number of hydrogen-bond donors (Lipinski definition) is 2. The number of carbonyl (C=O) groups is 2. The van der Waals surface area contributed by atoms with E-state index in [0.29, 0.717) is 17.1 Å². The van der Waals surface area contributed by atoms with Crippen LogP contribution in [0.3, 0.4) is 0 Å². The second-order valence-corrected chi connectivity index (χ2v) is 5.80. The molecule has 0 unspecified atom stereocenters. The maximum Gasteiger partial charge on any atom is 0.268 e. The van der Waals surface area contributed by atoms with Crippen molar-refractivity contribution in [2.45, 2.75) is 6.54 Å². The topological polar surface area (TPSA) is 93.5 Å². The molecule has 2 aromatic heterocycles. The first-order valence-corrected chi connectivity index (χ1v) is 8.53. The fourth-order valence-corrected chi connectivity index (χ4v) is 2.39. The van der Waals surface area contributed by atoms with Crippen LogP contribution in [-0.2, 0) is 11.3 Å². The molecule has 142 valence electrons. The Kier molecular flexibility index (Phi) is 6.20. The molecule has 0 spiro atoms. The number of aromatic nitrogens is 1. The van der Waals surface area contributed by atoms with E-state index in [9.17, 15) is 9.59 Å². The molecule has 0 aliphatic rings. The molecule has 0 saturated carbocycles. The molecule has 0 atom stereocenters. The van der Waals surface area contributed by atoms with Crippen molar-refractivity contribution >= 4 is 17.9 Å². The van der Waals surface area contributed by atoms with E-state index in [1.54, 1.807) is 62.0 Å². The Morgan fingerprint density at radius 3 is 2.61 bits per heavy atom. The predicted octanol–water partition coefficient (Wildman–Crippen LogP) is 2.77. The summed E-state index contributed by atoms with van der Waals surface area (Å²) in [5.41, 5.74) is 1.31. The minimum Gasteiger partial charge on any atom is -0.497 e. The summed E-state index contributed by atoms with van der Waals surface area (Å²) in [6.45, 7) is 0.278. The van der Waals surface area contributed by atoms with Gasteiger partial charge in [-0.3, -0.25) is 14.6 Å². The Morgan fingerprint density at radius 1 is 1.14 bits per heavy atom. The van der Waals surface area contributed by atoms with Gasteiger partial charge in [0.2, 0.25) is 0 Å². The van der Waals surface area contributed by atoms with Gasteiger partial charge in [0.05, 0.1) is 13.4 Å². The number of methoxy groups -OCH3 is 1. The molecule has 0 saturated heterocycles. The van der Waals surface area contributed by atoms with Crippen molar-refractivity contribution in [1.82, 2.24) is 15.6 Å². The zero-order valence-electron chi connectivity index (χ0n) is 15.2. The number of carbonyl (C=O) groups excluding carboxylic acids is 2. The smallest absolute Gasteiger partial charge is 0.268 e. The Morgan fingerprint density at radius 2 is 1.96 bits per heavy atom. The van der Waals surface area contributed by atoms with E-state index in [0.717, 1.165) is 5.56 Å². The summed E-state index contributed by atoms with van der Waals surface area (Å²) in [7, 11) is 1.55. The lowest BCUT2D eigenvalue weighted by atomic mass is 10.2. The third kappa shape index (κ3) is 5.07. The van der Waals surface area contributed by atoms with Crippen LogP contribution in [-0.4, -0.2) is 23.9 Å². The van der Waals surface area contributed by atoms with Gasteiger partial charge in [0.1, 0.15) is 17.2 Å². The summed E-state index contributed by atoms with van der Waals surface area (Å²) in [5.74, 6) is 0.220. The molecule has 2 N–H and O–H groups in total. The Balaban J connectivity index is 1.74. The van der Waals surface area contributed by atoms with Crippen LogP contribution >= 0.6 is 0 Å². The second-order valence-electron chi connectivity index (χ2n) is 5.80. The van der Waals surface area contributed by atoms with Gasteiger partial charge in [0, 0.05) is 30.6 Å². The van der Waals surface area contributed by atoms with Crippen LogP contribution < -0.4 is 15.4 Å². The largest absolute Gasteiger partial charge is 0.497 e. The van der Waals surface area contributed by atoms with E-state index < -0.39 is 11.8 Å². The summed E-state index contributed by atoms with van der Waals surface area (Å²) in [4.78, 5) is 29.2. The zero-order chi connectivity index (χ0) is 19.8. The fourth-order valence-electron chi connectivity index (χ4n) is 2.39. The average Bonchev–Trinajstić information content (AvgIpc) is 3.25. The van der Waals surface area contributed by atoms with Gasteiger partial charge in [0.15, 0.2) is 0 Å². The number of ether oxygens (including phenoxy) is 1. The average molecular weight is 377 g/mol. The van der Waals surface area contributed by atoms with Gasteiger partial charge < -0.3 is 19.8 Å². The number of rotatable bonds is 7. The number of pyridine rings is 1. The SMILES string of the molecule is COc1ccc(C(=O)N/C(=C\c2ccco2)C(=O)NCc2cccnc2)cc1. The molecule has 2 amide bonds. The minimum absolute atomic E-state index is 0.0691. The predicted molar refractivity (Wildman–Crippen MR) is 103 cm³/mol. The zero-order valence-corrected chi connectivity index (χ0v) is 15.2. The van der Waals surface area contributed by atoms with E-state index in [2.05, 4.69) is 15.6 Å². The van der Waals surface area contributed by atoms with Gasteiger partial charge in [0.25, 0.3) is 11.8 Å². The summed E-state index contributed by atoms with van der Waals surface area (Å²) in [6, 6.07) is 13.6. The minimum atomic E-state index is -0.442. The molecule has 0 fully saturated rings. The molecule has 7 nitrogen and oxygen atoms in total. The van der Waals surface area contributed by atoms with Gasteiger partial charge in [-0.2, -0.15) is 0 Å². The molecule has 0 bridgehead atoms. The van der Waals surface area contributed by atoms with E-state index in [1.807, 2.05) is 6.07 Å². The summed E-state index contributed by atoms with van der Waals surface area (Å²) in [5, 5.41) is 5.40. The highest BCUT2D eigenvalue weighted by Gasteiger charge is 2.15. The van der Waals surface area contributed by atoms with Crippen LogP contribution in [0.15, 0.2) is 77.3 Å². The molecule has 3 rings (SSSR count). The number of nitrogens with zero attached hydrogens (tertiary/aromatic N) is 1. The van der Waals surface area contributed by atoms with Crippen molar-refractivity contribution in [3.8, 4) is 5.75 Å². The van der Waals surface area contributed by atoms with E-state index in [4.69, 9.17) is 9.15 Å². The van der Waals surface area contributed by atoms with Crippen molar-refractivity contribution in [3.63, 3.8) is 0 Å². The lowest BCUT2D eigenvalue weighted by molar-refractivity contribution is -0.117.